The molecule has 0 spiro atoms. The van der Waals surface area contributed by atoms with Crippen LogP contribution in [0.5, 0.6) is 0 Å². The monoisotopic (exact) mass is 352 g/mol. The smallest absolute Gasteiger partial charge is 0.0242 e. The molecule has 1 N–H and O–H groups in total. The molecule has 0 aliphatic rings. The van der Waals surface area contributed by atoms with Gasteiger partial charge < -0.3 is 10.2 Å². The van der Waals surface area contributed by atoms with E-state index in [4.69, 9.17) is 0 Å². The third-order valence-electron chi connectivity index (χ3n) is 3.26. The highest BCUT2D eigenvalue weighted by molar-refractivity contribution is 9.10. The molecule has 0 saturated heterocycles. The van der Waals surface area contributed by atoms with Crippen LogP contribution in [0.15, 0.2) is 40.2 Å². The maximum atomic E-state index is 3.68. The minimum atomic E-state index is 0.910. The summed E-state index contributed by atoms with van der Waals surface area (Å²) in [6, 6.07) is 11.0. The molecule has 20 heavy (non-hydrogen) atoms. The molecular weight excluding hydrogens is 332 g/mol. The zero-order valence-corrected chi connectivity index (χ0v) is 14.4. The number of nitrogens with zero attached hydrogens (tertiary/aromatic N) is 1. The number of hydrogen-bond donors (Lipinski definition) is 1. The molecule has 0 aliphatic carbocycles. The van der Waals surface area contributed by atoms with Crippen LogP contribution in [0.2, 0.25) is 0 Å². The largest absolute Gasteiger partial charge is 0.316 e. The number of thiophene rings is 1. The van der Waals surface area contributed by atoms with Crippen LogP contribution in [-0.2, 0) is 19.5 Å². The molecule has 0 radical (unpaired) electrons. The Morgan fingerprint density at radius 2 is 2.15 bits per heavy atom. The van der Waals surface area contributed by atoms with E-state index in [2.05, 4.69) is 68.9 Å². The van der Waals surface area contributed by atoms with E-state index in [9.17, 15) is 0 Å². The average Bonchev–Trinajstić information content (AvgIpc) is 2.93. The fraction of sp³-hybridized carbons (Fsp3) is 0.375. The van der Waals surface area contributed by atoms with Crippen molar-refractivity contribution < 1.29 is 0 Å². The van der Waals surface area contributed by atoms with Crippen molar-refractivity contribution >= 4 is 27.3 Å². The van der Waals surface area contributed by atoms with Gasteiger partial charge in [-0.25, -0.2) is 0 Å². The van der Waals surface area contributed by atoms with Crippen molar-refractivity contribution in [3.8, 4) is 0 Å². The van der Waals surface area contributed by atoms with Gasteiger partial charge >= 0.3 is 0 Å². The van der Waals surface area contributed by atoms with Crippen molar-refractivity contribution in [2.24, 2.45) is 0 Å². The Kier molecular flexibility index (Phi) is 6.23. The van der Waals surface area contributed by atoms with Crippen LogP contribution in [0.3, 0.4) is 0 Å². The van der Waals surface area contributed by atoms with Crippen molar-refractivity contribution in [3.63, 3.8) is 0 Å². The topological polar surface area (TPSA) is 15.3 Å². The van der Waals surface area contributed by atoms with Crippen LogP contribution < -0.4 is 5.32 Å². The summed E-state index contributed by atoms with van der Waals surface area (Å²) in [4.78, 5) is 3.83. The minimum absolute atomic E-state index is 0.910. The number of rotatable bonds is 7. The van der Waals surface area contributed by atoms with Gasteiger partial charge in [-0.2, -0.15) is 0 Å². The van der Waals surface area contributed by atoms with Crippen molar-refractivity contribution in [1.29, 1.82) is 0 Å². The molecule has 1 aromatic heterocycles. The lowest BCUT2D eigenvalue weighted by Gasteiger charge is -2.17. The summed E-state index contributed by atoms with van der Waals surface area (Å²) in [5.74, 6) is 0. The Morgan fingerprint density at radius 3 is 2.80 bits per heavy atom. The molecule has 0 bridgehead atoms. The first-order valence-corrected chi connectivity index (χ1v) is 8.49. The SMILES string of the molecule is CNCc1ccc(CN(C)CCc2cccs2)c(Br)c1. The predicted octanol–water partition coefficient (Wildman–Crippen LogP) is 3.90. The summed E-state index contributed by atoms with van der Waals surface area (Å²) in [5, 5.41) is 5.32. The van der Waals surface area contributed by atoms with Crippen molar-refractivity contribution in [1.82, 2.24) is 10.2 Å². The molecular formula is C16H21BrN2S. The van der Waals surface area contributed by atoms with Gasteiger partial charge in [0.25, 0.3) is 0 Å². The van der Waals surface area contributed by atoms with E-state index in [0.29, 0.717) is 0 Å². The van der Waals surface area contributed by atoms with Gasteiger partial charge in [0, 0.05) is 29.0 Å². The molecule has 2 nitrogen and oxygen atoms in total. The molecule has 108 valence electrons. The second-order valence-electron chi connectivity index (χ2n) is 5.02. The Labute approximate surface area is 133 Å². The van der Waals surface area contributed by atoms with Gasteiger partial charge in [0.2, 0.25) is 0 Å². The number of hydrogen-bond acceptors (Lipinski definition) is 3. The lowest BCUT2D eigenvalue weighted by Crippen LogP contribution is -2.20. The molecule has 0 unspecified atom stereocenters. The van der Waals surface area contributed by atoms with E-state index >= 15 is 0 Å². The molecule has 0 aliphatic heterocycles. The fourth-order valence-electron chi connectivity index (χ4n) is 2.16. The van der Waals surface area contributed by atoms with Crippen LogP contribution >= 0.6 is 27.3 Å². The first-order chi connectivity index (χ1) is 9.69. The van der Waals surface area contributed by atoms with Gasteiger partial charge in [-0.15, -0.1) is 11.3 Å². The number of benzene rings is 1. The lowest BCUT2D eigenvalue weighted by molar-refractivity contribution is 0.331. The quantitative estimate of drug-likeness (QED) is 0.812. The Balaban J connectivity index is 1.88. The Bertz CT molecular complexity index is 525. The highest BCUT2D eigenvalue weighted by atomic mass is 79.9. The zero-order chi connectivity index (χ0) is 14.4. The molecule has 2 aromatic rings. The van der Waals surface area contributed by atoms with E-state index in [1.54, 1.807) is 0 Å². The van der Waals surface area contributed by atoms with Crippen LogP contribution in [0.1, 0.15) is 16.0 Å². The summed E-state index contributed by atoms with van der Waals surface area (Å²) in [6.45, 7) is 2.98. The average molecular weight is 353 g/mol. The maximum absolute atomic E-state index is 3.68. The van der Waals surface area contributed by atoms with Crippen molar-refractivity contribution in [3.05, 3.63) is 56.2 Å². The first kappa shape index (κ1) is 15.7. The molecule has 1 aromatic carbocycles. The molecule has 1 heterocycles. The van der Waals surface area contributed by atoms with Crippen molar-refractivity contribution in [2.75, 3.05) is 20.6 Å². The molecule has 0 atom stereocenters. The molecule has 0 fully saturated rings. The van der Waals surface area contributed by atoms with E-state index in [1.807, 2.05) is 18.4 Å². The van der Waals surface area contributed by atoms with E-state index in [1.165, 1.54) is 20.5 Å². The van der Waals surface area contributed by atoms with Gasteiger partial charge in [-0.3, -0.25) is 0 Å². The fourth-order valence-corrected chi connectivity index (χ4v) is 3.41. The molecule has 0 amide bonds. The second-order valence-corrected chi connectivity index (χ2v) is 6.91. The van der Waals surface area contributed by atoms with Gasteiger partial charge in [-0.1, -0.05) is 34.1 Å². The van der Waals surface area contributed by atoms with Crippen molar-refractivity contribution in [2.45, 2.75) is 19.5 Å². The maximum Gasteiger partial charge on any atom is 0.0242 e. The summed E-state index contributed by atoms with van der Waals surface area (Å²) >= 11 is 5.52. The highest BCUT2D eigenvalue weighted by Crippen LogP contribution is 2.20. The number of nitrogens with one attached hydrogen (secondary N) is 1. The second kappa shape index (κ2) is 7.93. The third-order valence-corrected chi connectivity index (χ3v) is 4.93. The van der Waals surface area contributed by atoms with Gasteiger partial charge in [0.05, 0.1) is 0 Å². The van der Waals surface area contributed by atoms with Gasteiger partial charge in [0.1, 0.15) is 0 Å². The molecule has 2 rings (SSSR count). The minimum Gasteiger partial charge on any atom is -0.316 e. The van der Waals surface area contributed by atoms with E-state index in [0.717, 1.165) is 26.1 Å². The van der Waals surface area contributed by atoms with Crippen LogP contribution in [0, 0.1) is 0 Å². The standard InChI is InChI=1S/C16H21BrN2S/c1-18-11-13-5-6-14(16(17)10-13)12-19(2)8-7-15-4-3-9-20-15/h3-6,9-10,18H,7-8,11-12H2,1-2H3. The summed E-state index contributed by atoms with van der Waals surface area (Å²) in [5.41, 5.74) is 2.66. The normalized spacial score (nSPS) is 11.2. The third kappa shape index (κ3) is 4.70. The van der Waals surface area contributed by atoms with E-state index in [-0.39, 0.29) is 0 Å². The molecule has 0 saturated carbocycles. The van der Waals surface area contributed by atoms with E-state index < -0.39 is 0 Å². The Hall–Kier alpha value is -0.680. The van der Waals surface area contributed by atoms with Crippen LogP contribution in [0.25, 0.3) is 0 Å². The van der Waals surface area contributed by atoms with Crippen LogP contribution in [-0.4, -0.2) is 25.5 Å². The summed E-state index contributed by atoms with van der Waals surface area (Å²) in [6.07, 6.45) is 1.13. The van der Waals surface area contributed by atoms with Gasteiger partial charge in [0.15, 0.2) is 0 Å². The predicted molar refractivity (Wildman–Crippen MR) is 91.3 cm³/mol. The summed E-state index contributed by atoms with van der Waals surface area (Å²) < 4.78 is 1.20. The number of halogens is 1. The molecule has 4 heteroatoms. The lowest BCUT2D eigenvalue weighted by atomic mass is 10.1. The number of likely N-dealkylation sites (N-methyl/N-ethyl adjacent to an activating group) is 1. The summed E-state index contributed by atoms with van der Waals surface area (Å²) in [7, 11) is 4.15. The van der Waals surface area contributed by atoms with Gasteiger partial charge in [-0.05, 0) is 49.2 Å². The first-order valence-electron chi connectivity index (χ1n) is 6.82. The van der Waals surface area contributed by atoms with Crippen LogP contribution in [0.4, 0.5) is 0 Å². The highest BCUT2D eigenvalue weighted by Gasteiger charge is 2.06. The zero-order valence-electron chi connectivity index (χ0n) is 12.0. The Morgan fingerprint density at radius 1 is 1.30 bits per heavy atom.